The van der Waals surface area contributed by atoms with Crippen LogP contribution in [0.4, 0.5) is 0 Å². The third kappa shape index (κ3) is 2.61. The van der Waals surface area contributed by atoms with Gasteiger partial charge in [-0.2, -0.15) is 0 Å². The van der Waals surface area contributed by atoms with Crippen molar-refractivity contribution >= 4 is 5.91 Å². The fourth-order valence-corrected chi connectivity index (χ4v) is 2.03. The number of carbonyl (C=O) groups is 1. The Morgan fingerprint density at radius 2 is 2.12 bits per heavy atom. The predicted molar refractivity (Wildman–Crippen MR) is 63.9 cm³/mol. The fraction of sp³-hybridized carbons (Fsp3) is 0.462. The Morgan fingerprint density at radius 1 is 1.38 bits per heavy atom. The second-order valence-electron chi connectivity index (χ2n) is 4.31. The molecule has 1 aromatic rings. The lowest BCUT2D eigenvalue weighted by Gasteiger charge is -2.27. The first-order chi connectivity index (χ1) is 7.77. The molecule has 1 amide bonds. The van der Waals surface area contributed by atoms with Crippen LogP contribution in [-0.2, 0) is 11.3 Å². The third-order valence-electron chi connectivity index (χ3n) is 3.00. The zero-order valence-electron chi connectivity index (χ0n) is 9.65. The molecule has 2 rings (SSSR count). The molecule has 0 radical (unpaired) electrons. The van der Waals surface area contributed by atoms with Gasteiger partial charge in [0.05, 0.1) is 0 Å². The highest BCUT2D eigenvalue weighted by atomic mass is 16.2. The van der Waals surface area contributed by atoms with Crippen molar-refractivity contribution in [1.29, 1.82) is 0 Å². The fourth-order valence-electron chi connectivity index (χ4n) is 2.03. The Labute approximate surface area is 96.5 Å². The van der Waals surface area contributed by atoms with Crippen LogP contribution >= 0.6 is 0 Å². The molecular formula is C13H18N2O. The summed E-state index contributed by atoms with van der Waals surface area (Å²) in [6.07, 6.45) is 0.608. The van der Waals surface area contributed by atoms with Gasteiger partial charge >= 0.3 is 0 Å². The van der Waals surface area contributed by atoms with E-state index in [1.165, 1.54) is 5.56 Å². The Morgan fingerprint density at radius 3 is 2.88 bits per heavy atom. The Bertz CT molecular complexity index is 350. The average molecular weight is 218 g/mol. The molecule has 1 fully saturated rings. The van der Waals surface area contributed by atoms with Crippen LogP contribution in [0.1, 0.15) is 18.9 Å². The van der Waals surface area contributed by atoms with E-state index in [9.17, 15) is 4.79 Å². The predicted octanol–water partition coefficient (Wildman–Crippen LogP) is 1.40. The zero-order chi connectivity index (χ0) is 11.4. The topological polar surface area (TPSA) is 32.3 Å². The van der Waals surface area contributed by atoms with Gasteiger partial charge in [0.15, 0.2) is 0 Å². The summed E-state index contributed by atoms with van der Waals surface area (Å²) < 4.78 is 0. The lowest BCUT2D eigenvalue weighted by Crippen LogP contribution is -2.39. The summed E-state index contributed by atoms with van der Waals surface area (Å²) in [6, 6.07) is 10.4. The minimum Gasteiger partial charge on any atom is -0.334 e. The average Bonchev–Trinajstić information content (AvgIpc) is 2.46. The molecule has 0 saturated carbocycles. The van der Waals surface area contributed by atoms with Gasteiger partial charge in [0.2, 0.25) is 5.91 Å². The normalized spacial score (nSPS) is 21.9. The number of nitrogens with zero attached hydrogens (tertiary/aromatic N) is 1. The number of amides is 1. The van der Waals surface area contributed by atoms with E-state index < -0.39 is 0 Å². The molecule has 3 nitrogen and oxygen atoms in total. The summed E-state index contributed by atoms with van der Waals surface area (Å²) in [7, 11) is 0. The van der Waals surface area contributed by atoms with Crippen LogP contribution in [0.3, 0.4) is 0 Å². The summed E-state index contributed by atoms with van der Waals surface area (Å²) >= 11 is 0. The summed E-state index contributed by atoms with van der Waals surface area (Å²) in [4.78, 5) is 13.9. The van der Waals surface area contributed by atoms with Gasteiger partial charge in [0, 0.05) is 32.1 Å². The van der Waals surface area contributed by atoms with Crippen molar-refractivity contribution in [3.63, 3.8) is 0 Å². The second kappa shape index (κ2) is 5.12. The van der Waals surface area contributed by atoms with E-state index in [-0.39, 0.29) is 11.9 Å². The van der Waals surface area contributed by atoms with E-state index in [0.29, 0.717) is 6.42 Å². The van der Waals surface area contributed by atoms with Crippen molar-refractivity contribution in [2.45, 2.75) is 25.9 Å². The van der Waals surface area contributed by atoms with E-state index in [1.54, 1.807) is 0 Å². The highest BCUT2D eigenvalue weighted by Gasteiger charge is 2.22. The van der Waals surface area contributed by atoms with E-state index in [2.05, 4.69) is 24.4 Å². The highest BCUT2D eigenvalue weighted by molar-refractivity contribution is 5.77. The first kappa shape index (κ1) is 11.1. The van der Waals surface area contributed by atoms with Gasteiger partial charge in [-0.25, -0.2) is 0 Å². The van der Waals surface area contributed by atoms with Gasteiger partial charge in [-0.1, -0.05) is 30.3 Å². The maximum absolute atomic E-state index is 11.9. The van der Waals surface area contributed by atoms with Gasteiger partial charge in [-0.15, -0.1) is 0 Å². The molecule has 0 bridgehead atoms. The molecular weight excluding hydrogens is 200 g/mol. The van der Waals surface area contributed by atoms with Crippen LogP contribution in [0.25, 0.3) is 0 Å². The Balaban J connectivity index is 2.09. The van der Waals surface area contributed by atoms with E-state index >= 15 is 0 Å². The van der Waals surface area contributed by atoms with Crippen molar-refractivity contribution in [3.05, 3.63) is 35.9 Å². The first-order valence-corrected chi connectivity index (χ1v) is 5.81. The van der Waals surface area contributed by atoms with Gasteiger partial charge < -0.3 is 10.2 Å². The molecule has 1 heterocycles. The maximum atomic E-state index is 11.9. The molecule has 1 saturated heterocycles. The standard InChI is InChI=1S/C13H18N2O/c1-11-9-14-8-7-13(16)15(11)10-12-5-3-2-4-6-12/h2-6,11,14H,7-10H2,1H3. The van der Waals surface area contributed by atoms with Crippen LogP contribution in [0.5, 0.6) is 0 Å². The SMILES string of the molecule is CC1CNCCC(=O)N1Cc1ccccc1. The minimum atomic E-state index is 0.251. The van der Waals surface area contributed by atoms with E-state index in [0.717, 1.165) is 19.6 Å². The molecule has 0 spiro atoms. The Kier molecular flexibility index (Phi) is 3.57. The smallest absolute Gasteiger partial charge is 0.224 e. The quantitative estimate of drug-likeness (QED) is 0.813. The molecule has 1 unspecified atom stereocenters. The van der Waals surface area contributed by atoms with Crippen LogP contribution in [0, 0.1) is 0 Å². The first-order valence-electron chi connectivity index (χ1n) is 5.81. The molecule has 1 aliphatic heterocycles. The number of hydrogen-bond donors (Lipinski definition) is 1. The summed E-state index contributed by atoms with van der Waals surface area (Å²) in [5, 5.41) is 3.28. The van der Waals surface area contributed by atoms with Crippen molar-refractivity contribution in [2.24, 2.45) is 0 Å². The Hall–Kier alpha value is -1.35. The van der Waals surface area contributed by atoms with Gasteiger partial charge in [-0.05, 0) is 12.5 Å². The van der Waals surface area contributed by atoms with Gasteiger partial charge in [0.25, 0.3) is 0 Å². The molecule has 1 aromatic carbocycles. The molecule has 1 aliphatic rings. The lowest BCUT2D eigenvalue weighted by atomic mass is 10.2. The van der Waals surface area contributed by atoms with Gasteiger partial charge in [-0.3, -0.25) is 4.79 Å². The number of nitrogens with one attached hydrogen (secondary N) is 1. The van der Waals surface area contributed by atoms with E-state index in [4.69, 9.17) is 0 Å². The van der Waals surface area contributed by atoms with Crippen LogP contribution in [0.15, 0.2) is 30.3 Å². The highest BCUT2D eigenvalue weighted by Crippen LogP contribution is 2.11. The largest absolute Gasteiger partial charge is 0.334 e. The van der Waals surface area contributed by atoms with E-state index in [1.807, 2.05) is 23.1 Å². The number of hydrogen-bond acceptors (Lipinski definition) is 2. The lowest BCUT2D eigenvalue weighted by molar-refractivity contribution is -0.132. The molecule has 1 atom stereocenters. The second-order valence-corrected chi connectivity index (χ2v) is 4.31. The van der Waals surface area contributed by atoms with Crippen molar-refractivity contribution in [2.75, 3.05) is 13.1 Å². The molecule has 1 N–H and O–H groups in total. The van der Waals surface area contributed by atoms with Crippen LogP contribution in [-0.4, -0.2) is 29.9 Å². The molecule has 86 valence electrons. The van der Waals surface area contributed by atoms with Crippen molar-refractivity contribution < 1.29 is 4.79 Å². The molecule has 3 heteroatoms. The number of benzene rings is 1. The van der Waals surface area contributed by atoms with Crippen LogP contribution in [0.2, 0.25) is 0 Å². The van der Waals surface area contributed by atoms with Crippen molar-refractivity contribution in [1.82, 2.24) is 10.2 Å². The molecule has 0 aliphatic carbocycles. The van der Waals surface area contributed by atoms with Crippen molar-refractivity contribution in [3.8, 4) is 0 Å². The third-order valence-corrected chi connectivity index (χ3v) is 3.00. The molecule has 16 heavy (non-hydrogen) atoms. The summed E-state index contributed by atoms with van der Waals surface area (Å²) in [6.45, 7) is 4.51. The monoisotopic (exact) mass is 218 g/mol. The number of rotatable bonds is 2. The maximum Gasteiger partial charge on any atom is 0.224 e. The summed E-state index contributed by atoms with van der Waals surface area (Å²) in [5.41, 5.74) is 1.20. The zero-order valence-corrected chi connectivity index (χ0v) is 9.65. The van der Waals surface area contributed by atoms with Gasteiger partial charge in [0.1, 0.15) is 0 Å². The van der Waals surface area contributed by atoms with Crippen LogP contribution < -0.4 is 5.32 Å². The number of carbonyl (C=O) groups excluding carboxylic acids is 1. The molecule has 0 aromatic heterocycles. The summed E-state index contributed by atoms with van der Waals surface area (Å²) in [5.74, 6) is 0.251. The minimum absolute atomic E-state index is 0.251.